The van der Waals surface area contributed by atoms with Gasteiger partial charge in [0.1, 0.15) is 9.84 Å². The molecule has 4 aromatic rings. The van der Waals surface area contributed by atoms with Gasteiger partial charge in [-0.3, -0.25) is 0 Å². The van der Waals surface area contributed by atoms with Crippen LogP contribution in [0.5, 0.6) is 0 Å². The molecular formula is C33H34N2O2S3. The predicted molar refractivity (Wildman–Crippen MR) is 171 cm³/mol. The Morgan fingerprint density at radius 3 is 1.50 bits per heavy atom. The normalized spacial score (nSPS) is 13.9. The first-order chi connectivity index (χ1) is 19.2. The van der Waals surface area contributed by atoms with E-state index >= 15 is 0 Å². The first kappa shape index (κ1) is 27.3. The Hall–Kier alpha value is -2.87. The van der Waals surface area contributed by atoms with Crippen molar-refractivity contribution in [2.75, 3.05) is 34.9 Å². The molecule has 0 aliphatic carbocycles. The van der Waals surface area contributed by atoms with E-state index in [0.29, 0.717) is 13.0 Å². The molecule has 4 nitrogen and oxygen atoms in total. The van der Waals surface area contributed by atoms with Crippen LogP contribution in [0.1, 0.15) is 30.9 Å². The highest BCUT2D eigenvalue weighted by atomic mass is 32.2. The van der Waals surface area contributed by atoms with Gasteiger partial charge in [-0.05, 0) is 97.5 Å². The molecule has 0 unspecified atom stereocenters. The van der Waals surface area contributed by atoms with Crippen LogP contribution in [0.4, 0.5) is 22.7 Å². The van der Waals surface area contributed by atoms with E-state index in [1.807, 2.05) is 11.8 Å². The Morgan fingerprint density at radius 1 is 0.625 bits per heavy atom. The number of hydrogen-bond acceptors (Lipinski definition) is 6. The summed E-state index contributed by atoms with van der Waals surface area (Å²) < 4.78 is 23.7. The third kappa shape index (κ3) is 5.39. The molecular weight excluding hydrogens is 553 g/mol. The third-order valence-electron chi connectivity index (χ3n) is 7.43. The molecule has 0 atom stereocenters. The summed E-state index contributed by atoms with van der Waals surface area (Å²) in [7, 11) is -3.00. The van der Waals surface area contributed by atoms with E-state index in [9.17, 15) is 8.42 Å². The SMILES string of the molecule is CCCN1c2ccc(C)cc2Sc2cc(-c3ccc4c(c3)Sc3cc(C)ccc3N4CCCS(C)(=O)=O)ccc21. The van der Waals surface area contributed by atoms with E-state index < -0.39 is 9.84 Å². The number of fused-ring (bicyclic) bond motifs is 4. The van der Waals surface area contributed by atoms with Crippen molar-refractivity contribution in [2.45, 2.75) is 53.2 Å². The Bertz CT molecular complexity index is 1720. The highest BCUT2D eigenvalue weighted by Crippen LogP contribution is 2.52. The summed E-state index contributed by atoms with van der Waals surface area (Å²) in [6, 6.07) is 26.9. The minimum absolute atomic E-state index is 0.190. The molecule has 40 heavy (non-hydrogen) atoms. The minimum atomic E-state index is -3.00. The monoisotopic (exact) mass is 586 g/mol. The third-order valence-corrected chi connectivity index (χ3v) is 10.6. The van der Waals surface area contributed by atoms with Crippen molar-refractivity contribution in [1.82, 2.24) is 0 Å². The van der Waals surface area contributed by atoms with Gasteiger partial charge in [-0.1, -0.05) is 54.7 Å². The summed E-state index contributed by atoms with van der Waals surface area (Å²) in [4.78, 5) is 9.77. The quantitative estimate of drug-likeness (QED) is 0.215. The fraction of sp³-hybridized carbons (Fsp3) is 0.273. The maximum atomic E-state index is 11.8. The zero-order chi connectivity index (χ0) is 28.0. The molecule has 2 aliphatic heterocycles. The van der Waals surface area contributed by atoms with Gasteiger partial charge >= 0.3 is 0 Å². The number of aryl methyl sites for hydroxylation is 2. The first-order valence-corrected chi connectivity index (χ1v) is 17.5. The lowest BCUT2D eigenvalue weighted by Gasteiger charge is -2.34. The number of hydrogen-bond donors (Lipinski definition) is 0. The summed E-state index contributed by atoms with van der Waals surface area (Å²) in [5.41, 5.74) is 9.78. The predicted octanol–water partition coefficient (Wildman–Crippen LogP) is 9.02. The second kappa shape index (κ2) is 10.8. The van der Waals surface area contributed by atoms with Crippen molar-refractivity contribution in [1.29, 1.82) is 0 Å². The molecule has 2 heterocycles. The van der Waals surface area contributed by atoms with Crippen molar-refractivity contribution >= 4 is 56.1 Å². The van der Waals surface area contributed by atoms with Gasteiger partial charge in [0.05, 0.1) is 28.5 Å². The van der Waals surface area contributed by atoms with E-state index in [2.05, 4.69) is 103 Å². The highest BCUT2D eigenvalue weighted by Gasteiger charge is 2.26. The standard InChI is InChI=1S/C33H34N2O2S3/c1-5-15-34-26-11-7-22(2)18-30(26)38-32-20-24(9-13-28(32)34)25-10-14-29-33(21-25)39-31-19-23(3)8-12-27(31)35(29)16-6-17-40(4,36)37/h7-14,18-21H,5-6,15-17H2,1-4H3. The lowest BCUT2D eigenvalue weighted by atomic mass is 10.0. The van der Waals surface area contributed by atoms with E-state index in [0.717, 1.165) is 24.3 Å². The van der Waals surface area contributed by atoms with Gasteiger partial charge < -0.3 is 9.80 Å². The average molecular weight is 587 g/mol. The number of nitrogens with zero attached hydrogens (tertiary/aromatic N) is 2. The summed E-state index contributed by atoms with van der Waals surface area (Å²) >= 11 is 3.67. The van der Waals surface area contributed by atoms with Crippen LogP contribution >= 0.6 is 23.5 Å². The summed E-state index contributed by atoms with van der Waals surface area (Å²) in [5.74, 6) is 0.190. The van der Waals surface area contributed by atoms with Gasteiger partial charge in [0, 0.05) is 38.9 Å². The zero-order valence-electron chi connectivity index (χ0n) is 23.4. The summed E-state index contributed by atoms with van der Waals surface area (Å²) in [5, 5.41) is 0. The van der Waals surface area contributed by atoms with Gasteiger partial charge in [0.2, 0.25) is 0 Å². The van der Waals surface area contributed by atoms with Crippen molar-refractivity contribution in [3.05, 3.63) is 83.9 Å². The zero-order valence-corrected chi connectivity index (χ0v) is 25.8. The number of rotatable bonds is 7. The number of sulfone groups is 1. The lowest BCUT2D eigenvalue weighted by Crippen LogP contribution is -2.23. The lowest BCUT2D eigenvalue weighted by molar-refractivity contribution is 0.599. The first-order valence-electron chi connectivity index (χ1n) is 13.8. The molecule has 0 radical (unpaired) electrons. The molecule has 0 fully saturated rings. The second-order valence-electron chi connectivity index (χ2n) is 10.8. The molecule has 0 saturated heterocycles. The minimum Gasteiger partial charge on any atom is -0.340 e. The highest BCUT2D eigenvalue weighted by molar-refractivity contribution is 8.00. The Balaban J connectivity index is 1.36. The summed E-state index contributed by atoms with van der Waals surface area (Å²) in [6.45, 7) is 8.17. The van der Waals surface area contributed by atoms with Gasteiger partial charge in [0.25, 0.3) is 0 Å². The molecule has 206 valence electrons. The van der Waals surface area contributed by atoms with Crippen LogP contribution in [0.2, 0.25) is 0 Å². The number of anilines is 4. The van der Waals surface area contributed by atoms with Crippen LogP contribution in [0.3, 0.4) is 0 Å². The second-order valence-corrected chi connectivity index (χ2v) is 15.2. The van der Waals surface area contributed by atoms with Crippen molar-refractivity contribution in [2.24, 2.45) is 0 Å². The molecule has 0 N–H and O–H groups in total. The topological polar surface area (TPSA) is 40.6 Å². The maximum Gasteiger partial charge on any atom is 0.147 e. The largest absolute Gasteiger partial charge is 0.340 e. The van der Waals surface area contributed by atoms with Crippen LogP contribution in [-0.2, 0) is 9.84 Å². The van der Waals surface area contributed by atoms with Crippen molar-refractivity contribution in [3.63, 3.8) is 0 Å². The van der Waals surface area contributed by atoms with Crippen LogP contribution in [-0.4, -0.2) is 33.5 Å². The van der Waals surface area contributed by atoms with Crippen molar-refractivity contribution < 1.29 is 8.42 Å². The average Bonchev–Trinajstić information content (AvgIpc) is 2.91. The van der Waals surface area contributed by atoms with E-state index in [1.54, 1.807) is 11.8 Å². The number of benzene rings is 4. The van der Waals surface area contributed by atoms with Crippen LogP contribution in [0, 0.1) is 13.8 Å². The molecule has 4 aromatic carbocycles. The maximum absolute atomic E-state index is 11.8. The molecule has 6 rings (SSSR count). The summed E-state index contributed by atoms with van der Waals surface area (Å²) in [6.07, 6.45) is 2.99. The van der Waals surface area contributed by atoms with E-state index in [-0.39, 0.29) is 5.75 Å². The molecule has 7 heteroatoms. The van der Waals surface area contributed by atoms with Gasteiger partial charge in [-0.15, -0.1) is 0 Å². The van der Waals surface area contributed by atoms with Crippen molar-refractivity contribution in [3.8, 4) is 11.1 Å². The molecule has 0 spiro atoms. The van der Waals surface area contributed by atoms with E-state index in [4.69, 9.17) is 0 Å². The van der Waals surface area contributed by atoms with E-state index in [1.165, 1.54) is 59.5 Å². The molecule has 0 amide bonds. The molecule has 0 saturated carbocycles. The Labute approximate surface area is 246 Å². The Kier molecular flexibility index (Phi) is 7.40. The van der Waals surface area contributed by atoms with Crippen LogP contribution in [0.25, 0.3) is 11.1 Å². The van der Waals surface area contributed by atoms with Crippen LogP contribution in [0.15, 0.2) is 92.4 Å². The van der Waals surface area contributed by atoms with Gasteiger partial charge in [-0.25, -0.2) is 8.42 Å². The Morgan fingerprint density at radius 2 is 1.05 bits per heavy atom. The van der Waals surface area contributed by atoms with Gasteiger partial charge in [-0.2, -0.15) is 0 Å². The fourth-order valence-corrected chi connectivity index (χ4v) is 8.66. The molecule has 2 aliphatic rings. The van der Waals surface area contributed by atoms with Gasteiger partial charge in [0.15, 0.2) is 0 Å². The van der Waals surface area contributed by atoms with Crippen LogP contribution < -0.4 is 9.80 Å². The molecule has 0 bridgehead atoms. The fourth-order valence-electron chi connectivity index (χ4n) is 5.54. The molecule has 0 aromatic heterocycles. The smallest absolute Gasteiger partial charge is 0.147 e.